The summed E-state index contributed by atoms with van der Waals surface area (Å²) in [5, 5.41) is 23.0. The van der Waals surface area contributed by atoms with Crippen LogP contribution in [-0.2, 0) is 17.6 Å². The molecule has 1 aromatic heterocycles. The largest absolute Gasteiger partial charge is 0.505 e. The van der Waals surface area contributed by atoms with Gasteiger partial charge in [-0.05, 0) is 55.5 Å². The molecule has 6 nitrogen and oxygen atoms in total. The van der Waals surface area contributed by atoms with Crippen molar-refractivity contribution in [3.63, 3.8) is 0 Å². The van der Waals surface area contributed by atoms with Crippen molar-refractivity contribution in [1.82, 2.24) is 20.3 Å². The zero-order chi connectivity index (χ0) is 23.6. The lowest BCUT2D eigenvalue weighted by molar-refractivity contribution is -0.117. The van der Waals surface area contributed by atoms with Crippen molar-refractivity contribution in [3.8, 4) is 11.4 Å². The van der Waals surface area contributed by atoms with Crippen LogP contribution < -0.4 is 5.32 Å². The Kier molecular flexibility index (Phi) is 9.04. The Morgan fingerprint density at radius 3 is 2.27 bits per heavy atom. The van der Waals surface area contributed by atoms with E-state index in [4.69, 9.17) is 0 Å². The molecule has 1 amide bonds. The number of carbonyl (C=O) groups is 1. The molecular weight excluding hydrogens is 412 g/mol. The molecule has 2 N–H and O–H groups in total. The highest BCUT2D eigenvalue weighted by Gasteiger charge is 2.15. The molecule has 0 aliphatic carbocycles. The molecule has 3 aromatic rings. The van der Waals surface area contributed by atoms with Gasteiger partial charge in [0, 0.05) is 12.1 Å². The van der Waals surface area contributed by atoms with Crippen LogP contribution in [0.2, 0.25) is 0 Å². The van der Waals surface area contributed by atoms with Gasteiger partial charge in [0.05, 0.1) is 0 Å². The number of aromatic nitrogens is 3. The molecule has 6 heteroatoms. The van der Waals surface area contributed by atoms with E-state index in [9.17, 15) is 9.90 Å². The van der Waals surface area contributed by atoms with E-state index in [1.165, 1.54) is 43.3 Å². The van der Waals surface area contributed by atoms with E-state index in [0.717, 1.165) is 35.0 Å². The van der Waals surface area contributed by atoms with Gasteiger partial charge in [-0.25, -0.2) is 0 Å². The van der Waals surface area contributed by atoms with Crippen molar-refractivity contribution in [2.75, 3.05) is 6.54 Å². The molecule has 0 radical (unpaired) electrons. The van der Waals surface area contributed by atoms with E-state index in [1.807, 2.05) is 36.4 Å². The van der Waals surface area contributed by atoms with Gasteiger partial charge in [0.25, 0.3) is 0 Å². The predicted octanol–water partition coefficient (Wildman–Crippen LogP) is 5.65. The summed E-state index contributed by atoms with van der Waals surface area (Å²) in [4.78, 5) is 13.4. The summed E-state index contributed by atoms with van der Waals surface area (Å²) in [5.41, 5.74) is 4.55. The summed E-state index contributed by atoms with van der Waals surface area (Å²) in [6.45, 7) is 8.02. The maximum Gasteiger partial charge on any atom is 0.246 e. The first kappa shape index (κ1) is 24.5. The predicted molar refractivity (Wildman–Crippen MR) is 134 cm³/mol. The number of amides is 1. The van der Waals surface area contributed by atoms with E-state index in [1.54, 1.807) is 6.92 Å². The zero-order valence-electron chi connectivity index (χ0n) is 19.9. The Morgan fingerprint density at radius 2 is 1.64 bits per heavy atom. The van der Waals surface area contributed by atoms with Crippen molar-refractivity contribution in [3.05, 3.63) is 59.7 Å². The molecule has 33 heavy (non-hydrogen) atoms. The Bertz CT molecular complexity index is 1050. The first-order valence-electron chi connectivity index (χ1n) is 12.1. The first-order chi connectivity index (χ1) is 16.0. The maximum atomic E-state index is 11.8. The third-order valence-electron chi connectivity index (χ3n) is 5.87. The summed E-state index contributed by atoms with van der Waals surface area (Å²) >= 11 is 0. The van der Waals surface area contributed by atoms with Crippen molar-refractivity contribution in [2.24, 2.45) is 0 Å². The lowest BCUT2D eigenvalue weighted by atomic mass is 10.00. The molecular formula is C27H36N4O2. The Hall–Kier alpha value is -3.15. The van der Waals surface area contributed by atoms with Crippen molar-refractivity contribution in [2.45, 2.75) is 71.6 Å². The van der Waals surface area contributed by atoms with Gasteiger partial charge in [-0.2, -0.15) is 0 Å². The second-order valence-corrected chi connectivity index (χ2v) is 8.76. The lowest BCUT2D eigenvalue weighted by Crippen LogP contribution is -2.26. The topological polar surface area (TPSA) is 80.0 Å². The quantitative estimate of drug-likeness (QED) is 0.261. The van der Waals surface area contributed by atoms with Gasteiger partial charge >= 0.3 is 0 Å². The lowest BCUT2D eigenvalue weighted by Gasteiger charge is -2.13. The van der Waals surface area contributed by atoms with Gasteiger partial charge in [-0.3, -0.25) is 4.79 Å². The van der Waals surface area contributed by atoms with Crippen LogP contribution in [0.1, 0.15) is 69.9 Å². The summed E-state index contributed by atoms with van der Waals surface area (Å²) in [6.07, 6.45) is 10.2. The minimum atomic E-state index is -0.172. The molecule has 176 valence electrons. The number of rotatable bonds is 13. The van der Waals surface area contributed by atoms with E-state index in [0.29, 0.717) is 24.2 Å². The van der Waals surface area contributed by atoms with Crippen LogP contribution in [0.3, 0.4) is 0 Å². The van der Waals surface area contributed by atoms with Crippen LogP contribution in [0.15, 0.2) is 48.6 Å². The monoisotopic (exact) mass is 448 g/mol. The van der Waals surface area contributed by atoms with Crippen LogP contribution in [0.25, 0.3) is 16.7 Å². The molecule has 0 bridgehead atoms. The van der Waals surface area contributed by atoms with E-state index in [2.05, 4.69) is 29.0 Å². The average Bonchev–Trinajstić information content (AvgIpc) is 3.24. The third kappa shape index (κ3) is 6.91. The normalized spacial score (nSPS) is 11.1. The Balaban J connectivity index is 1.77. The number of unbranched alkanes of at least 4 members (excludes halogenated alkanes) is 6. The molecule has 0 unspecified atom stereocenters. The van der Waals surface area contributed by atoms with Crippen molar-refractivity contribution in [1.29, 1.82) is 0 Å². The number of nitrogens with zero attached hydrogens (tertiary/aromatic N) is 3. The molecule has 2 aromatic carbocycles. The SMILES string of the molecule is C=C(C)C(=O)NCCc1cc(CCCCCCCCC)cc(-n2nc3ccccc3n2)c1O. The van der Waals surface area contributed by atoms with Crippen LogP contribution in [0.4, 0.5) is 0 Å². The van der Waals surface area contributed by atoms with E-state index < -0.39 is 0 Å². The molecule has 1 heterocycles. The number of hydrogen-bond acceptors (Lipinski definition) is 4. The number of benzene rings is 2. The van der Waals surface area contributed by atoms with Crippen LogP contribution >= 0.6 is 0 Å². The Labute approximate surface area is 196 Å². The van der Waals surface area contributed by atoms with Gasteiger partial charge in [0.2, 0.25) is 5.91 Å². The molecule has 0 aliphatic rings. The number of carbonyl (C=O) groups excluding carboxylic acids is 1. The second-order valence-electron chi connectivity index (χ2n) is 8.76. The minimum absolute atomic E-state index is 0.156. The standard InChI is InChI=1S/C27H36N4O2/c1-4-5-6-7-8-9-10-13-21-18-22(16-17-28-27(33)20(2)3)26(32)25(19-21)31-29-23-14-11-12-15-24(23)30-31/h11-12,14-15,18-19,32H,2,4-10,13,16-17H2,1,3H3,(H,28,33). The summed E-state index contributed by atoms with van der Waals surface area (Å²) in [7, 11) is 0. The van der Waals surface area contributed by atoms with Gasteiger partial charge in [0.1, 0.15) is 22.5 Å². The van der Waals surface area contributed by atoms with E-state index in [-0.39, 0.29) is 11.7 Å². The summed E-state index contributed by atoms with van der Waals surface area (Å²) in [5.74, 6) is -0.0165. The van der Waals surface area contributed by atoms with Gasteiger partial charge < -0.3 is 10.4 Å². The van der Waals surface area contributed by atoms with Crippen molar-refractivity contribution < 1.29 is 9.90 Å². The zero-order valence-corrected chi connectivity index (χ0v) is 19.9. The molecule has 3 rings (SSSR count). The van der Waals surface area contributed by atoms with Crippen LogP contribution in [0.5, 0.6) is 5.75 Å². The number of aromatic hydroxyl groups is 1. The number of phenols is 1. The first-order valence-corrected chi connectivity index (χ1v) is 12.1. The Morgan fingerprint density at radius 1 is 1.00 bits per heavy atom. The smallest absolute Gasteiger partial charge is 0.246 e. The average molecular weight is 449 g/mol. The van der Waals surface area contributed by atoms with Gasteiger partial charge in [-0.15, -0.1) is 15.0 Å². The van der Waals surface area contributed by atoms with Crippen LogP contribution in [0, 0.1) is 0 Å². The minimum Gasteiger partial charge on any atom is -0.505 e. The second kappa shape index (κ2) is 12.2. The van der Waals surface area contributed by atoms with E-state index >= 15 is 0 Å². The van der Waals surface area contributed by atoms with Crippen LogP contribution in [-0.4, -0.2) is 32.6 Å². The molecule has 0 fully saturated rings. The molecule has 0 saturated carbocycles. The fraction of sp³-hybridized carbons (Fsp3) is 0.444. The number of fused-ring (bicyclic) bond motifs is 1. The van der Waals surface area contributed by atoms with Crippen molar-refractivity contribution >= 4 is 16.9 Å². The molecule has 0 spiro atoms. The molecule has 0 aliphatic heterocycles. The van der Waals surface area contributed by atoms with Gasteiger partial charge in [-0.1, -0.05) is 70.2 Å². The number of phenolic OH excluding ortho intramolecular Hbond substituents is 1. The fourth-order valence-electron chi connectivity index (χ4n) is 3.94. The molecule has 0 saturated heterocycles. The number of hydrogen-bond donors (Lipinski definition) is 2. The fourth-order valence-corrected chi connectivity index (χ4v) is 3.94. The highest BCUT2D eigenvalue weighted by molar-refractivity contribution is 5.92. The summed E-state index contributed by atoms with van der Waals surface area (Å²) in [6, 6.07) is 11.7. The third-order valence-corrected chi connectivity index (χ3v) is 5.87. The molecule has 0 atom stereocenters. The number of nitrogens with one attached hydrogen (secondary N) is 1. The maximum absolute atomic E-state index is 11.8. The number of aryl methyl sites for hydroxylation is 1. The van der Waals surface area contributed by atoms with Gasteiger partial charge in [0.15, 0.2) is 0 Å². The highest BCUT2D eigenvalue weighted by atomic mass is 16.3. The highest BCUT2D eigenvalue weighted by Crippen LogP contribution is 2.29. The summed E-state index contributed by atoms with van der Waals surface area (Å²) < 4.78 is 0.